The second-order valence-electron chi connectivity index (χ2n) is 6.44. The molecule has 4 N–H and O–H groups in total. The summed E-state index contributed by atoms with van der Waals surface area (Å²) in [5, 5.41) is 10.6. The zero-order chi connectivity index (χ0) is 21.3. The molecule has 0 amide bonds. The van der Waals surface area contributed by atoms with Crippen LogP contribution in [-0.4, -0.2) is 9.97 Å². The monoisotopic (exact) mass is 439 g/mol. The molecule has 30 heavy (non-hydrogen) atoms. The van der Waals surface area contributed by atoms with Gasteiger partial charge in [-0.25, -0.2) is 9.37 Å². The fourth-order valence-corrected chi connectivity index (χ4v) is 4.33. The summed E-state index contributed by atoms with van der Waals surface area (Å²) in [6, 6.07) is 15.6. The number of hydrogen-bond acceptors (Lipinski definition) is 7. The summed E-state index contributed by atoms with van der Waals surface area (Å²) in [6.45, 7) is 0. The topological polar surface area (TPSA) is 111 Å². The molecule has 1 aromatic heterocycles. The Morgan fingerprint density at radius 1 is 1.13 bits per heavy atom. The van der Waals surface area contributed by atoms with Crippen molar-refractivity contribution in [2.75, 3.05) is 5.73 Å². The number of anilines is 1. The van der Waals surface area contributed by atoms with Crippen LogP contribution in [0.5, 0.6) is 5.88 Å². The lowest BCUT2D eigenvalue weighted by Crippen LogP contribution is -2.24. The molecule has 1 aliphatic heterocycles. The average Bonchev–Trinajstić information content (AvgIpc) is 2.72. The molecule has 1 atom stereocenters. The molecule has 0 saturated heterocycles. The van der Waals surface area contributed by atoms with Crippen molar-refractivity contribution in [3.05, 3.63) is 87.5 Å². The lowest BCUT2D eigenvalue weighted by Gasteiger charge is -2.26. The largest absolute Gasteiger partial charge is 0.422 e. The third kappa shape index (κ3) is 3.65. The van der Waals surface area contributed by atoms with Gasteiger partial charge in [0.2, 0.25) is 11.8 Å². The Labute approximate surface area is 181 Å². The Balaban J connectivity index is 1.75. The van der Waals surface area contributed by atoms with Crippen LogP contribution in [0.15, 0.2) is 65.1 Å². The normalized spacial score (nSPS) is 15.3. The van der Waals surface area contributed by atoms with Crippen LogP contribution in [0.2, 0.25) is 5.02 Å². The van der Waals surface area contributed by atoms with E-state index in [1.807, 2.05) is 24.3 Å². The van der Waals surface area contributed by atoms with Crippen molar-refractivity contribution >= 4 is 29.2 Å². The molecule has 2 heterocycles. The van der Waals surface area contributed by atoms with E-state index < -0.39 is 11.7 Å². The van der Waals surface area contributed by atoms with Gasteiger partial charge in [0.15, 0.2) is 5.16 Å². The lowest BCUT2D eigenvalue weighted by atomic mass is 9.84. The summed E-state index contributed by atoms with van der Waals surface area (Å²) in [5.74, 6) is -0.777. The maximum absolute atomic E-state index is 14.6. The zero-order valence-corrected chi connectivity index (χ0v) is 17.0. The van der Waals surface area contributed by atoms with E-state index in [0.29, 0.717) is 21.5 Å². The quantitative estimate of drug-likeness (QED) is 0.458. The first-order valence-corrected chi connectivity index (χ1v) is 10.2. The number of hydrogen-bond donors (Lipinski definition) is 2. The van der Waals surface area contributed by atoms with Crippen LogP contribution in [0.25, 0.3) is 0 Å². The van der Waals surface area contributed by atoms with Gasteiger partial charge in [0, 0.05) is 16.3 Å². The molecule has 0 bridgehead atoms. The number of nitrogen functional groups attached to an aromatic ring is 1. The summed E-state index contributed by atoms with van der Waals surface area (Å²) >= 11 is 7.52. The van der Waals surface area contributed by atoms with E-state index in [9.17, 15) is 9.65 Å². The Kier molecular flexibility index (Phi) is 5.48. The van der Waals surface area contributed by atoms with E-state index in [2.05, 4.69) is 9.97 Å². The molecule has 6 nitrogen and oxygen atoms in total. The summed E-state index contributed by atoms with van der Waals surface area (Å²) < 4.78 is 20.1. The number of aromatic nitrogens is 2. The number of benzene rings is 2. The van der Waals surface area contributed by atoms with Crippen molar-refractivity contribution in [3.8, 4) is 11.9 Å². The van der Waals surface area contributed by atoms with Crippen LogP contribution in [0, 0.1) is 17.1 Å². The van der Waals surface area contributed by atoms with Crippen LogP contribution >= 0.6 is 23.4 Å². The Bertz CT molecular complexity index is 1210. The number of halogens is 2. The predicted octanol–water partition coefficient (Wildman–Crippen LogP) is 4.36. The van der Waals surface area contributed by atoms with Gasteiger partial charge >= 0.3 is 0 Å². The minimum Gasteiger partial charge on any atom is -0.422 e. The van der Waals surface area contributed by atoms with Crippen LogP contribution in [0.3, 0.4) is 0 Å². The number of nitriles is 1. The van der Waals surface area contributed by atoms with E-state index in [-0.39, 0.29) is 28.7 Å². The first-order chi connectivity index (χ1) is 14.5. The van der Waals surface area contributed by atoms with Crippen LogP contribution < -0.4 is 16.2 Å². The number of fused-ring (bicyclic) bond motifs is 1. The first kappa shape index (κ1) is 20.0. The number of nitrogens with two attached hydrogens (primary N) is 2. The maximum atomic E-state index is 14.6. The summed E-state index contributed by atoms with van der Waals surface area (Å²) in [5.41, 5.74) is 13.7. The lowest BCUT2D eigenvalue weighted by molar-refractivity contribution is 0.372. The zero-order valence-electron chi connectivity index (χ0n) is 15.5. The highest BCUT2D eigenvalue weighted by Gasteiger charge is 2.36. The van der Waals surface area contributed by atoms with Crippen molar-refractivity contribution < 1.29 is 9.13 Å². The number of allylic oxidation sites excluding steroid dienone is 1. The molecule has 9 heteroatoms. The molecule has 0 spiro atoms. The van der Waals surface area contributed by atoms with E-state index in [1.165, 1.54) is 17.8 Å². The molecule has 0 aliphatic carbocycles. The second kappa shape index (κ2) is 8.22. The minimum absolute atomic E-state index is 0.0550. The Hall–Kier alpha value is -3.28. The fourth-order valence-electron chi connectivity index (χ4n) is 3.20. The van der Waals surface area contributed by atoms with Crippen LogP contribution in [0.1, 0.15) is 22.6 Å². The molecule has 150 valence electrons. The highest BCUT2D eigenvalue weighted by atomic mass is 35.5. The van der Waals surface area contributed by atoms with Gasteiger partial charge in [-0.15, -0.1) is 0 Å². The van der Waals surface area contributed by atoms with Gasteiger partial charge < -0.3 is 16.2 Å². The van der Waals surface area contributed by atoms with Crippen molar-refractivity contribution in [3.63, 3.8) is 0 Å². The van der Waals surface area contributed by atoms with Crippen molar-refractivity contribution in [2.24, 2.45) is 5.73 Å². The van der Waals surface area contributed by atoms with Gasteiger partial charge in [-0.2, -0.15) is 10.2 Å². The standard InChI is InChI=1S/C21H15ClFN5OS/c22-14-7-3-1-5-11(14)10-30-21-27-18(25)17-16(12-6-2-4-8-15(12)23)13(9-24)19(26)29-20(17)28-21/h1-8,16H,10,26H2,(H2,25,27,28)/t16-/m0/s1. The Morgan fingerprint density at radius 2 is 1.87 bits per heavy atom. The van der Waals surface area contributed by atoms with E-state index in [0.717, 1.165) is 5.56 Å². The predicted molar refractivity (Wildman–Crippen MR) is 113 cm³/mol. The van der Waals surface area contributed by atoms with Crippen molar-refractivity contribution in [2.45, 2.75) is 16.8 Å². The molecule has 1 aliphatic rings. The maximum Gasteiger partial charge on any atom is 0.231 e. The van der Waals surface area contributed by atoms with Gasteiger partial charge in [0.25, 0.3) is 0 Å². The van der Waals surface area contributed by atoms with E-state index >= 15 is 0 Å². The smallest absolute Gasteiger partial charge is 0.231 e. The first-order valence-electron chi connectivity index (χ1n) is 8.85. The van der Waals surface area contributed by atoms with Gasteiger partial charge in [-0.3, -0.25) is 0 Å². The molecular weight excluding hydrogens is 425 g/mol. The summed E-state index contributed by atoms with van der Waals surface area (Å²) in [4.78, 5) is 8.75. The van der Waals surface area contributed by atoms with Crippen LogP contribution in [0.4, 0.5) is 10.2 Å². The fraction of sp³-hybridized carbons (Fsp3) is 0.0952. The average molecular weight is 440 g/mol. The third-order valence-corrected chi connectivity index (χ3v) is 5.89. The molecular formula is C21H15ClFN5OS. The van der Waals surface area contributed by atoms with Gasteiger partial charge in [0.05, 0.1) is 11.5 Å². The Morgan fingerprint density at radius 3 is 2.60 bits per heavy atom. The van der Waals surface area contributed by atoms with E-state index in [4.69, 9.17) is 27.8 Å². The van der Waals surface area contributed by atoms with Gasteiger partial charge in [-0.05, 0) is 17.7 Å². The SMILES string of the molecule is N#CC1=C(N)Oc2nc(SCc3ccccc3Cl)nc(N)c2[C@H]1c1ccccc1F. The summed E-state index contributed by atoms with van der Waals surface area (Å²) in [7, 11) is 0. The molecule has 0 fully saturated rings. The summed E-state index contributed by atoms with van der Waals surface area (Å²) in [6.07, 6.45) is 0. The van der Waals surface area contributed by atoms with Crippen molar-refractivity contribution in [1.82, 2.24) is 9.97 Å². The highest BCUT2D eigenvalue weighted by Crippen LogP contribution is 2.44. The molecule has 0 unspecified atom stereocenters. The number of ether oxygens (including phenoxy) is 1. The molecule has 3 aromatic rings. The molecule has 2 aromatic carbocycles. The second-order valence-corrected chi connectivity index (χ2v) is 7.79. The highest BCUT2D eigenvalue weighted by molar-refractivity contribution is 7.98. The third-order valence-electron chi connectivity index (χ3n) is 4.62. The van der Waals surface area contributed by atoms with E-state index in [1.54, 1.807) is 24.3 Å². The number of nitrogens with zero attached hydrogens (tertiary/aromatic N) is 3. The molecule has 0 radical (unpaired) electrons. The number of rotatable bonds is 4. The minimum atomic E-state index is -0.859. The van der Waals surface area contributed by atoms with Gasteiger partial charge in [0.1, 0.15) is 23.3 Å². The molecule has 4 rings (SSSR count). The number of thioether (sulfide) groups is 1. The van der Waals surface area contributed by atoms with Crippen LogP contribution in [-0.2, 0) is 5.75 Å². The van der Waals surface area contributed by atoms with Crippen molar-refractivity contribution in [1.29, 1.82) is 5.26 Å². The molecule has 0 saturated carbocycles. The van der Waals surface area contributed by atoms with Gasteiger partial charge in [-0.1, -0.05) is 59.8 Å².